The molecule has 0 bridgehead atoms. The van der Waals surface area contributed by atoms with Crippen LogP contribution in [0.3, 0.4) is 0 Å². The molecule has 1 aromatic heterocycles. The minimum atomic E-state index is -0.328. The Morgan fingerprint density at radius 1 is 0.966 bits per heavy atom. The van der Waals surface area contributed by atoms with Crippen molar-refractivity contribution in [3.05, 3.63) is 82.1 Å². The van der Waals surface area contributed by atoms with Gasteiger partial charge in [0.15, 0.2) is 0 Å². The molecule has 0 radical (unpaired) electrons. The molecule has 2 saturated carbocycles. The first-order valence-electron chi connectivity index (χ1n) is 9.92. The summed E-state index contributed by atoms with van der Waals surface area (Å²) in [5.41, 5.74) is 3.97. The number of nitrogens with zero attached hydrogens (tertiary/aromatic N) is 1. The van der Waals surface area contributed by atoms with E-state index >= 15 is 0 Å². The Balaban J connectivity index is 1.45. The van der Waals surface area contributed by atoms with Crippen LogP contribution in [-0.2, 0) is 16.9 Å². The average Bonchev–Trinajstić information content (AvgIpc) is 3.63. The summed E-state index contributed by atoms with van der Waals surface area (Å²) in [5.74, 6) is 0.930. The molecule has 5 rings (SSSR count). The van der Waals surface area contributed by atoms with Gasteiger partial charge >= 0.3 is 0 Å². The molecule has 148 valence electrons. The maximum atomic E-state index is 6.42. The van der Waals surface area contributed by atoms with E-state index < -0.39 is 0 Å². The van der Waals surface area contributed by atoms with Gasteiger partial charge < -0.3 is 9.47 Å². The van der Waals surface area contributed by atoms with Gasteiger partial charge in [0, 0.05) is 33.6 Å². The summed E-state index contributed by atoms with van der Waals surface area (Å²) in [6, 6.07) is 15.8. The Bertz CT molecular complexity index is 1020. The molecule has 3 aromatic rings. The van der Waals surface area contributed by atoms with Crippen LogP contribution < -0.4 is 4.74 Å². The minimum absolute atomic E-state index is 0.328. The quantitative estimate of drug-likeness (QED) is 0.416. The first-order chi connectivity index (χ1) is 14.1. The molecule has 2 aliphatic carbocycles. The predicted octanol–water partition coefficient (Wildman–Crippen LogP) is 6.80. The van der Waals surface area contributed by atoms with Crippen LogP contribution in [0.15, 0.2) is 60.9 Å². The normalized spacial score (nSPS) is 17.2. The second kappa shape index (κ2) is 7.64. The molecule has 0 saturated heterocycles. The van der Waals surface area contributed by atoms with Gasteiger partial charge in [-0.15, -0.1) is 0 Å². The molecule has 0 N–H and O–H groups in total. The van der Waals surface area contributed by atoms with Gasteiger partial charge in [0.25, 0.3) is 0 Å². The molecule has 1 heterocycles. The van der Waals surface area contributed by atoms with Crippen LogP contribution in [0, 0.1) is 0 Å². The van der Waals surface area contributed by atoms with E-state index in [0.717, 1.165) is 53.7 Å². The van der Waals surface area contributed by atoms with E-state index in [9.17, 15) is 0 Å². The van der Waals surface area contributed by atoms with E-state index in [0.29, 0.717) is 22.8 Å². The van der Waals surface area contributed by atoms with E-state index in [1.54, 1.807) is 6.07 Å². The van der Waals surface area contributed by atoms with Crippen LogP contribution >= 0.6 is 23.2 Å². The highest BCUT2D eigenvalue weighted by atomic mass is 35.5. The monoisotopic (exact) mass is 425 g/mol. The van der Waals surface area contributed by atoms with Crippen LogP contribution in [0.1, 0.15) is 36.8 Å². The minimum Gasteiger partial charge on any atom is -0.490 e. The van der Waals surface area contributed by atoms with Gasteiger partial charge in [0.05, 0.1) is 18.3 Å². The Morgan fingerprint density at radius 3 is 2.45 bits per heavy atom. The van der Waals surface area contributed by atoms with Crippen LogP contribution in [0.5, 0.6) is 5.75 Å². The maximum Gasteiger partial charge on any atom is 0.127 e. The molecule has 0 atom stereocenters. The van der Waals surface area contributed by atoms with Crippen molar-refractivity contribution >= 4 is 23.2 Å². The molecule has 2 fully saturated rings. The number of hydrogen-bond acceptors (Lipinski definition) is 3. The summed E-state index contributed by atoms with van der Waals surface area (Å²) >= 11 is 12.3. The summed E-state index contributed by atoms with van der Waals surface area (Å²) in [6.45, 7) is 0.453. The Hall–Kier alpha value is -2.07. The van der Waals surface area contributed by atoms with Crippen molar-refractivity contribution in [1.82, 2.24) is 4.98 Å². The van der Waals surface area contributed by atoms with Crippen LogP contribution in [0.25, 0.3) is 11.1 Å². The first-order valence-corrected chi connectivity index (χ1v) is 10.7. The molecule has 2 aliphatic rings. The van der Waals surface area contributed by atoms with Gasteiger partial charge in [-0.3, -0.25) is 4.98 Å². The van der Waals surface area contributed by atoms with Crippen LogP contribution in [0.2, 0.25) is 10.0 Å². The molecule has 0 spiro atoms. The van der Waals surface area contributed by atoms with Crippen LogP contribution in [0.4, 0.5) is 0 Å². The number of halogens is 2. The van der Waals surface area contributed by atoms with E-state index in [4.69, 9.17) is 32.7 Å². The van der Waals surface area contributed by atoms with Crippen molar-refractivity contribution in [3.63, 3.8) is 0 Å². The fourth-order valence-corrected chi connectivity index (χ4v) is 4.24. The lowest BCUT2D eigenvalue weighted by Crippen LogP contribution is -2.14. The lowest BCUT2D eigenvalue weighted by molar-refractivity contribution is 0.0173. The number of hydrogen-bond donors (Lipinski definition) is 0. The number of pyridine rings is 1. The van der Waals surface area contributed by atoms with E-state index in [-0.39, 0.29) is 5.60 Å². The third kappa shape index (κ3) is 4.13. The lowest BCUT2D eigenvalue weighted by atomic mass is 9.96. The molecule has 0 aliphatic heterocycles. The summed E-state index contributed by atoms with van der Waals surface area (Å²) in [5, 5.41) is 1.24. The largest absolute Gasteiger partial charge is 0.490 e. The van der Waals surface area contributed by atoms with Crippen molar-refractivity contribution in [2.45, 2.75) is 44.0 Å². The number of para-hydroxylation sites is 1. The van der Waals surface area contributed by atoms with E-state index in [2.05, 4.69) is 17.1 Å². The second-order valence-corrected chi connectivity index (χ2v) is 8.67. The predicted molar refractivity (Wildman–Crippen MR) is 115 cm³/mol. The molecular formula is C24H21Cl2NO2. The third-order valence-electron chi connectivity index (χ3n) is 5.45. The number of ether oxygens (including phenoxy) is 2. The van der Waals surface area contributed by atoms with E-state index in [1.165, 1.54) is 0 Å². The smallest absolute Gasteiger partial charge is 0.127 e. The van der Waals surface area contributed by atoms with Crippen molar-refractivity contribution in [2.24, 2.45) is 0 Å². The van der Waals surface area contributed by atoms with Gasteiger partial charge in [0.1, 0.15) is 5.75 Å². The molecule has 2 aromatic carbocycles. The highest BCUT2D eigenvalue weighted by Crippen LogP contribution is 2.53. The zero-order valence-corrected chi connectivity index (χ0v) is 17.4. The molecule has 0 unspecified atom stereocenters. The Labute approximate surface area is 180 Å². The number of aromatic nitrogens is 1. The van der Waals surface area contributed by atoms with Crippen LogP contribution in [-0.4, -0.2) is 11.1 Å². The summed E-state index contributed by atoms with van der Waals surface area (Å²) in [6.07, 6.45) is 8.30. The topological polar surface area (TPSA) is 31.4 Å². The molecule has 5 heteroatoms. The van der Waals surface area contributed by atoms with Gasteiger partial charge in [-0.05, 0) is 67.1 Å². The standard InChI is InChI=1S/C24H21Cl2NO2/c25-17-11-16(12-18(26)13-17)15-28-24(8-9-24)22-14-27-10-7-20(22)21-3-1-2-4-23(21)29-19-5-6-19/h1-4,7,10-14,19H,5-6,8-9,15H2. The van der Waals surface area contributed by atoms with Gasteiger partial charge in [-0.2, -0.15) is 0 Å². The summed E-state index contributed by atoms with van der Waals surface area (Å²) in [4.78, 5) is 4.40. The molecule has 3 nitrogen and oxygen atoms in total. The molecule has 29 heavy (non-hydrogen) atoms. The maximum absolute atomic E-state index is 6.42. The highest BCUT2D eigenvalue weighted by molar-refractivity contribution is 6.34. The lowest BCUT2D eigenvalue weighted by Gasteiger charge is -2.21. The average molecular weight is 426 g/mol. The van der Waals surface area contributed by atoms with E-state index in [1.807, 2.05) is 42.7 Å². The molecule has 0 amide bonds. The Kier molecular flexibility index (Phi) is 4.99. The first kappa shape index (κ1) is 18.9. The zero-order valence-electron chi connectivity index (χ0n) is 15.9. The SMILES string of the molecule is Clc1cc(Cl)cc(COC2(c3cnccc3-c3ccccc3OC3CC3)CC2)c1. The fraction of sp³-hybridized carbons (Fsp3) is 0.292. The van der Waals surface area contributed by atoms with Gasteiger partial charge in [-0.1, -0.05) is 41.4 Å². The van der Waals surface area contributed by atoms with Gasteiger partial charge in [-0.25, -0.2) is 0 Å². The molecular weight excluding hydrogens is 405 g/mol. The zero-order chi connectivity index (χ0) is 19.8. The Morgan fingerprint density at radius 2 is 1.72 bits per heavy atom. The van der Waals surface area contributed by atoms with Crippen molar-refractivity contribution in [1.29, 1.82) is 0 Å². The number of rotatable bonds is 7. The summed E-state index contributed by atoms with van der Waals surface area (Å²) in [7, 11) is 0. The third-order valence-corrected chi connectivity index (χ3v) is 5.89. The van der Waals surface area contributed by atoms with Crippen molar-refractivity contribution < 1.29 is 9.47 Å². The highest BCUT2D eigenvalue weighted by Gasteiger charge is 2.47. The summed E-state index contributed by atoms with van der Waals surface area (Å²) < 4.78 is 12.6. The van der Waals surface area contributed by atoms with Gasteiger partial charge in [0.2, 0.25) is 0 Å². The second-order valence-electron chi connectivity index (χ2n) is 7.80. The van der Waals surface area contributed by atoms with Crippen molar-refractivity contribution in [3.8, 4) is 16.9 Å². The fourth-order valence-electron chi connectivity index (χ4n) is 3.67. The van der Waals surface area contributed by atoms with Crippen molar-refractivity contribution in [2.75, 3.05) is 0 Å². The number of benzene rings is 2.